The Balaban J connectivity index is 1.64. The molecule has 0 radical (unpaired) electrons. The molecule has 120 valence electrons. The minimum Gasteiger partial charge on any atom is -0.489 e. The van der Waals surface area contributed by atoms with Crippen molar-refractivity contribution in [3.63, 3.8) is 0 Å². The maximum Gasteiger partial charge on any atom is 0.494 e. The van der Waals surface area contributed by atoms with E-state index in [9.17, 15) is 0 Å². The third kappa shape index (κ3) is 3.43. The second-order valence-corrected chi connectivity index (χ2v) is 6.93. The smallest absolute Gasteiger partial charge is 0.489 e. The highest BCUT2D eigenvalue weighted by Crippen LogP contribution is 2.36. The van der Waals surface area contributed by atoms with E-state index in [1.807, 2.05) is 42.5 Å². The number of ether oxygens (including phenoxy) is 1. The predicted octanol–water partition coefficient (Wildman–Crippen LogP) is 3.56. The highest BCUT2D eigenvalue weighted by Gasteiger charge is 2.51. The molecule has 3 nitrogen and oxygen atoms in total. The summed E-state index contributed by atoms with van der Waals surface area (Å²) in [6, 6.07) is 18.1. The van der Waals surface area contributed by atoms with E-state index in [2.05, 4.69) is 39.8 Å². The van der Waals surface area contributed by atoms with E-state index in [0.29, 0.717) is 6.61 Å². The zero-order valence-electron chi connectivity index (χ0n) is 14.2. The first-order valence-electron chi connectivity index (χ1n) is 8.00. The van der Waals surface area contributed by atoms with E-state index in [1.54, 1.807) is 0 Å². The Hall–Kier alpha value is -1.78. The van der Waals surface area contributed by atoms with Crippen molar-refractivity contribution in [3.8, 4) is 5.75 Å². The second-order valence-electron chi connectivity index (χ2n) is 6.93. The number of hydrogen-bond donors (Lipinski definition) is 0. The van der Waals surface area contributed by atoms with Gasteiger partial charge in [0, 0.05) is 0 Å². The van der Waals surface area contributed by atoms with Crippen molar-refractivity contribution in [1.82, 2.24) is 0 Å². The molecule has 3 rings (SSSR count). The van der Waals surface area contributed by atoms with Crippen molar-refractivity contribution in [2.24, 2.45) is 0 Å². The summed E-state index contributed by atoms with van der Waals surface area (Å²) in [4.78, 5) is 0. The fourth-order valence-corrected chi connectivity index (χ4v) is 2.44. The molecule has 1 aliphatic rings. The molecule has 1 fully saturated rings. The first kappa shape index (κ1) is 16.1. The molecule has 0 amide bonds. The van der Waals surface area contributed by atoms with Crippen LogP contribution in [0.1, 0.15) is 33.3 Å². The molecule has 1 heterocycles. The summed E-state index contributed by atoms with van der Waals surface area (Å²) >= 11 is 0. The van der Waals surface area contributed by atoms with Gasteiger partial charge in [-0.1, -0.05) is 42.5 Å². The highest BCUT2D eigenvalue weighted by atomic mass is 16.7. The lowest BCUT2D eigenvalue weighted by molar-refractivity contribution is 0.00578. The molecular weight excluding hydrogens is 287 g/mol. The summed E-state index contributed by atoms with van der Waals surface area (Å²) in [6.45, 7) is 8.81. The summed E-state index contributed by atoms with van der Waals surface area (Å²) in [5.41, 5.74) is 1.53. The lowest BCUT2D eigenvalue weighted by atomic mass is 9.79. The Bertz CT molecular complexity index is 634. The Morgan fingerprint density at radius 2 is 1.39 bits per heavy atom. The van der Waals surface area contributed by atoms with Crippen molar-refractivity contribution in [2.75, 3.05) is 0 Å². The average molecular weight is 310 g/mol. The van der Waals surface area contributed by atoms with Crippen molar-refractivity contribution >= 4 is 12.6 Å². The largest absolute Gasteiger partial charge is 0.494 e. The van der Waals surface area contributed by atoms with Crippen LogP contribution < -0.4 is 10.2 Å². The van der Waals surface area contributed by atoms with Gasteiger partial charge in [0.15, 0.2) is 0 Å². The van der Waals surface area contributed by atoms with Gasteiger partial charge in [0.2, 0.25) is 0 Å². The van der Waals surface area contributed by atoms with Crippen LogP contribution in [0, 0.1) is 0 Å². The minimum absolute atomic E-state index is 0.319. The summed E-state index contributed by atoms with van der Waals surface area (Å²) in [6.07, 6.45) is 0. The van der Waals surface area contributed by atoms with Gasteiger partial charge in [-0.15, -0.1) is 0 Å². The lowest BCUT2D eigenvalue weighted by Crippen LogP contribution is -2.41. The van der Waals surface area contributed by atoms with Crippen molar-refractivity contribution in [1.29, 1.82) is 0 Å². The fraction of sp³-hybridized carbons (Fsp3) is 0.368. The van der Waals surface area contributed by atoms with Crippen LogP contribution >= 0.6 is 0 Å². The normalized spacial score (nSPS) is 18.9. The summed E-state index contributed by atoms with van der Waals surface area (Å²) in [5, 5.41) is 0. The summed E-state index contributed by atoms with van der Waals surface area (Å²) < 4.78 is 17.9. The third-order valence-electron chi connectivity index (χ3n) is 4.65. The number of hydrogen-bond acceptors (Lipinski definition) is 3. The zero-order valence-corrected chi connectivity index (χ0v) is 14.2. The van der Waals surface area contributed by atoms with Crippen molar-refractivity contribution < 1.29 is 14.0 Å². The molecule has 0 unspecified atom stereocenters. The van der Waals surface area contributed by atoms with Gasteiger partial charge in [0.25, 0.3) is 0 Å². The molecule has 1 aliphatic heterocycles. The van der Waals surface area contributed by atoms with Gasteiger partial charge < -0.3 is 14.0 Å². The molecule has 23 heavy (non-hydrogen) atoms. The second kappa shape index (κ2) is 6.02. The van der Waals surface area contributed by atoms with Gasteiger partial charge in [-0.25, -0.2) is 0 Å². The van der Waals surface area contributed by atoms with E-state index in [1.165, 1.54) is 0 Å². The van der Waals surface area contributed by atoms with E-state index in [0.717, 1.165) is 16.8 Å². The standard InChI is InChI=1S/C19H23BO3/c1-18(2)19(3,4)23-20(22-18)16-10-12-17(13-11-16)21-14-15-8-6-5-7-9-15/h5-13H,14H2,1-4H3. The maximum atomic E-state index is 6.06. The van der Waals surface area contributed by atoms with Crippen LogP contribution in [0.25, 0.3) is 0 Å². The first-order valence-corrected chi connectivity index (χ1v) is 8.00. The van der Waals surface area contributed by atoms with E-state index < -0.39 is 0 Å². The molecule has 2 aromatic carbocycles. The highest BCUT2D eigenvalue weighted by molar-refractivity contribution is 6.62. The van der Waals surface area contributed by atoms with Gasteiger partial charge in [0.05, 0.1) is 11.2 Å². The minimum atomic E-state index is -0.330. The molecular formula is C19H23BO3. The summed E-state index contributed by atoms with van der Waals surface area (Å²) in [5.74, 6) is 0.842. The molecule has 0 aromatic heterocycles. The van der Waals surface area contributed by atoms with Gasteiger partial charge in [-0.2, -0.15) is 0 Å². The monoisotopic (exact) mass is 310 g/mol. The van der Waals surface area contributed by atoms with Gasteiger partial charge in [-0.3, -0.25) is 0 Å². The Morgan fingerprint density at radius 1 is 0.826 bits per heavy atom. The molecule has 4 heteroatoms. The molecule has 2 aromatic rings. The molecule has 0 spiro atoms. The van der Waals surface area contributed by atoms with Crippen LogP contribution in [0.3, 0.4) is 0 Å². The summed E-state index contributed by atoms with van der Waals surface area (Å²) in [7, 11) is -0.330. The third-order valence-corrected chi connectivity index (χ3v) is 4.65. The molecule has 0 aliphatic carbocycles. The van der Waals surface area contributed by atoms with E-state index in [-0.39, 0.29) is 18.3 Å². The van der Waals surface area contributed by atoms with Crippen LogP contribution in [0.5, 0.6) is 5.75 Å². The van der Waals surface area contributed by atoms with Crippen LogP contribution in [0.15, 0.2) is 54.6 Å². The van der Waals surface area contributed by atoms with Crippen LogP contribution in [-0.2, 0) is 15.9 Å². The first-order chi connectivity index (χ1) is 10.9. The molecule has 0 saturated carbocycles. The van der Waals surface area contributed by atoms with Gasteiger partial charge >= 0.3 is 7.12 Å². The average Bonchev–Trinajstić information content (AvgIpc) is 2.75. The van der Waals surface area contributed by atoms with Crippen molar-refractivity contribution in [3.05, 3.63) is 60.2 Å². The molecule has 0 bridgehead atoms. The topological polar surface area (TPSA) is 27.7 Å². The van der Waals surface area contributed by atoms with Gasteiger partial charge in [-0.05, 0) is 50.9 Å². The molecule has 0 atom stereocenters. The van der Waals surface area contributed by atoms with Crippen LogP contribution in [0.2, 0.25) is 0 Å². The van der Waals surface area contributed by atoms with E-state index >= 15 is 0 Å². The van der Waals surface area contributed by atoms with Crippen molar-refractivity contribution in [2.45, 2.75) is 45.5 Å². The number of rotatable bonds is 4. The maximum absolute atomic E-state index is 6.06. The SMILES string of the molecule is CC1(C)OB(c2ccc(OCc3ccccc3)cc2)OC1(C)C. The quantitative estimate of drug-likeness (QED) is 0.808. The number of benzene rings is 2. The molecule has 0 N–H and O–H groups in total. The fourth-order valence-electron chi connectivity index (χ4n) is 2.44. The lowest BCUT2D eigenvalue weighted by Gasteiger charge is -2.32. The zero-order chi connectivity index (χ0) is 16.5. The Labute approximate surface area is 138 Å². The van der Waals surface area contributed by atoms with Crippen LogP contribution in [-0.4, -0.2) is 18.3 Å². The predicted molar refractivity (Wildman–Crippen MR) is 92.9 cm³/mol. The van der Waals surface area contributed by atoms with Gasteiger partial charge in [0.1, 0.15) is 12.4 Å². The Morgan fingerprint density at radius 3 is 1.96 bits per heavy atom. The Kier molecular flexibility index (Phi) is 4.22. The van der Waals surface area contributed by atoms with E-state index in [4.69, 9.17) is 14.0 Å². The van der Waals surface area contributed by atoms with Crippen LogP contribution in [0.4, 0.5) is 0 Å². The molecule has 1 saturated heterocycles.